The number of aromatic amines is 1. The van der Waals surface area contributed by atoms with Crippen molar-refractivity contribution >= 4 is 27.2 Å². The zero-order valence-corrected chi connectivity index (χ0v) is 15.1. The molecule has 28 heavy (non-hydrogen) atoms. The van der Waals surface area contributed by atoms with Gasteiger partial charge in [-0.05, 0) is 37.3 Å². The van der Waals surface area contributed by atoms with E-state index in [1.807, 2.05) is 0 Å². The second-order valence-corrected chi connectivity index (χ2v) is 7.09. The second kappa shape index (κ2) is 7.17. The third-order valence-corrected chi connectivity index (χ3v) is 4.61. The molecule has 0 saturated heterocycles. The number of nitro benzene ring substituents is 1. The Morgan fingerprint density at radius 2 is 1.82 bits per heavy atom. The minimum atomic E-state index is -4.34. The number of hydrogen-bond donors (Lipinski definition) is 2. The molecule has 0 radical (unpaired) electrons. The van der Waals surface area contributed by atoms with E-state index in [9.17, 15) is 23.3 Å². The summed E-state index contributed by atoms with van der Waals surface area (Å²) in [6.45, 7) is 1.59. The van der Waals surface area contributed by atoms with Gasteiger partial charge in [0.05, 0.1) is 26.9 Å². The van der Waals surface area contributed by atoms with E-state index in [1.54, 1.807) is 6.92 Å². The van der Waals surface area contributed by atoms with Crippen molar-refractivity contribution in [3.05, 3.63) is 74.7 Å². The van der Waals surface area contributed by atoms with Crippen molar-refractivity contribution in [3.8, 4) is 5.69 Å². The summed E-state index contributed by atoms with van der Waals surface area (Å²) in [5.41, 5.74) is 0.198. The van der Waals surface area contributed by atoms with Crippen LogP contribution in [0.5, 0.6) is 0 Å². The lowest BCUT2D eigenvalue weighted by molar-refractivity contribution is -0.384. The van der Waals surface area contributed by atoms with Gasteiger partial charge in [0.15, 0.2) is 5.69 Å². The molecule has 3 aromatic rings. The van der Waals surface area contributed by atoms with Gasteiger partial charge in [0.1, 0.15) is 0 Å². The van der Waals surface area contributed by atoms with Gasteiger partial charge in [-0.1, -0.05) is 6.07 Å². The summed E-state index contributed by atoms with van der Waals surface area (Å²) >= 11 is 0. The molecule has 1 aromatic heterocycles. The molecule has 0 bridgehead atoms. The minimum absolute atomic E-state index is 0.00892. The van der Waals surface area contributed by atoms with Crippen LogP contribution in [-0.4, -0.2) is 27.7 Å². The molecule has 12 heteroatoms. The standard InChI is InChI=1S/C16H13N5O6S/c1-10-15(18-17-11-3-2-4-13(9-11)21(23)24)16(22)20(19-10)12-5-7-14(8-6-12)28(25,26)27/h2-9,19H,1H3,(H,25,26,27). The van der Waals surface area contributed by atoms with Crippen LogP contribution in [0.4, 0.5) is 17.1 Å². The van der Waals surface area contributed by atoms with Crippen molar-refractivity contribution in [1.82, 2.24) is 9.78 Å². The molecule has 2 aromatic carbocycles. The van der Waals surface area contributed by atoms with Crippen LogP contribution in [0.3, 0.4) is 0 Å². The van der Waals surface area contributed by atoms with Gasteiger partial charge >= 0.3 is 0 Å². The fourth-order valence-electron chi connectivity index (χ4n) is 2.38. The van der Waals surface area contributed by atoms with Crippen molar-refractivity contribution in [3.63, 3.8) is 0 Å². The van der Waals surface area contributed by atoms with E-state index in [-0.39, 0.29) is 22.0 Å². The molecular weight excluding hydrogens is 390 g/mol. The van der Waals surface area contributed by atoms with E-state index >= 15 is 0 Å². The lowest BCUT2D eigenvalue weighted by Crippen LogP contribution is -2.14. The summed E-state index contributed by atoms with van der Waals surface area (Å²) in [6, 6.07) is 10.5. The first-order valence-corrected chi connectivity index (χ1v) is 9.16. The minimum Gasteiger partial charge on any atom is -0.293 e. The predicted octanol–water partition coefficient (Wildman–Crippen LogP) is 3.04. The number of nitro groups is 1. The Morgan fingerprint density at radius 3 is 2.43 bits per heavy atom. The molecule has 0 aliphatic carbocycles. The third-order valence-electron chi connectivity index (χ3n) is 3.74. The van der Waals surface area contributed by atoms with Crippen LogP contribution in [-0.2, 0) is 10.1 Å². The van der Waals surface area contributed by atoms with Gasteiger partial charge in [0.25, 0.3) is 21.4 Å². The maximum absolute atomic E-state index is 12.6. The highest BCUT2D eigenvalue weighted by atomic mass is 32.2. The summed E-state index contributed by atoms with van der Waals surface area (Å²) in [6.07, 6.45) is 0. The Balaban J connectivity index is 1.95. The largest absolute Gasteiger partial charge is 0.299 e. The molecule has 3 rings (SSSR count). The van der Waals surface area contributed by atoms with Gasteiger partial charge in [-0.15, -0.1) is 5.11 Å². The summed E-state index contributed by atoms with van der Waals surface area (Å²) in [7, 11) is -4.34. The highest BCUT2D eigenvalue weighted by molar-refractivity contribution is 7.85. The summed E-state index contributed by atoms with van der Waals surface area (Å²) in [5, 5.41) is 21.3. The molecule has 2 N–H and O–H groups in total. The number of non-ortho nitro benzene ring substituents is 1. The van der Waals surface area contributed by atoms with Crippen molar-refractivity contribution in [2.45, 2.75) is 11.8 Å². The SMILES string of the molecule is Cc1[nH]n(-c2ccc(S(=O)(=O)O)cc2)c(=O)c1N=Nc1cccc([N+](=O)[O-])c1. The first-order chi connectivity index (χ1) is 13.2. The summed E-state index contributed by atoms with van der Waals surface area (Å²) < 4.78 is 32.3. The number of aromatic nitrogens is 2. The van der Waals surface area contributed by atoms with Crippen LogP contribution in [0.2, 0.25) is 0 Å². The monoisotopic (exact) mass is 403 g/mol. The number of azo groups is 1. The number of nitrogens with zero attached hydrogens (tertiary/aromatic N) is 4. The number of H-pyrrole nitrogens is 1. The highest BCUT2D eigenvalue weighted by Gasteiger charge is 2.14. The highest BCUT2D eigenvalue weighted by Crippen LogP contribution is 2.23. The predicted molar refractivity (Wildman–Crippen MR) is 98.2 cm³/mol. The normalized spacial score (nSPS) is 11.8. The van der Waals surface area contributed by atoms with Crippen molar-refractivity contribution < 1.29 is 17.9 Å². The van der Waals surface area contributed by atoms with Gasteiger partial charge in [0, 0.05) is 12.1 Å². The van der Waals surface area contributed by atoms with Crippen LogP contribution in [0, 0.1) is 17.0 Å². The Bertz CT molecular complexity index is 1240. The zero-order valence-electron chi connectivity index (χ0n) is 14.3. The molecular formula is C16H13N5O6S. The molecule has 11 nitrogen and oxygen atoms in total. The first kappa shape index (κ1) is 19.1. The average Bonchev–Trinajstić information content (AvgIpc) is 2.93. The van der Waals surface area contributed by atoms with Crippen LogP contribution >= 0.6 is 0 Å². The van der Waals surface area contributed by atoms with Gasteiger partial charge < -0.3 is 0 Å². The van der Waals surface area contributed by atoms with E-state index in [0.717, 1.165) is 16.8 Å². The van der Waals surface area contributed by atoms with E-state index in [0.29, 0.717) is 11.4 Å². The second-order valence-electron chi connectivity index (χ2n) is 5.67. The molecule has 0 aliphatic heterocycles. The van der Waals surface area contributed by atoms with E-state index < -0.39 is 20.6 Å². The lowest BCUT2D eigenvalue weighted by Gasteiger charge is -2.02. The third kappa shape index (κ3) is 3.87. The molecule has 0 fully saturated rings. The lowest BCUT2D eigenvalue weighted by atomic mass is 10.3. The number of benzene rings is 2. The Morgan fingerprint density at radius 1 is 1.14 bits per heavy atom. The summed E-state index contributed by atoms with van der Waals surface area (Å²) in [5.74, 6) is 0. The molecule has 0 amide bonds. The van der Waals surface area contributed by atoms with Gasteiger partial charge in [0.2, 0.25) is 0 Å². The molecule has 0 aliphatic rings. The van der Waals surface area contributed by atoms with Gasteiger partial charge in [-0.2, -0.15) is 13.5 Å². The number of rotatable bonds is 5. The van der Waals surface area contributed by atoms with Gasteiger partial charge in [-0.3, -0.25) is 24.6 Å². The quantitative estimate of drug-likeness (QED) is 0.288. The number of nitrogens with one attached hydrogen (secondary N) is 1. The maximum Gasteiger partial charge on any atom is 0.299 e. The zero-order chi connectivity index (χ0) is 20.5. The van der Waals surface area contributed by atoms with E-state index in [4.69, 9.17) is 4.55 Å². The fraction of sp³-hybridized carbons (Fsp3) is 0.0625. The van der Waals surface area contributed by atoms with E-state index in [1.165, 1.54) is 36.4 Å². The molecule has 0 unspecified atom stereocenters. The van der Waals surface area contributed by atoms with Crippen LogP contribution in [0.25, 0.3) is 5.69 Å². The Hall–Kier alpha value is -3.64. The van der Waals surface area contributed by atoms with Crippen molar-refractivity contribution in [2.75, 3.05) is 0 Å². The Kier molecular flexibility index (Phi) is 4.90. The van der Waals surface area contributed by atoms with Crippen molar-refractivity contribution in [2.24, 2.45) is 10.2 Å². The summed E-state index contributed by atoms with van der Waals surface area (Å²) in [4.78, 5) is 22.5. The van der Waals surface area contributed by atoms with Crippen molar-refractivity contribution in [1.29, 1.82) is 0 Å². The van der Waals surface area contributed by atoms with Crippen LogP contribution in [0.1, 0.15) is 5.69 Å². The number of aryl methyl sites for hydroxylation is 1. The topological polar surface area (TPSA) is 160 Å². The molecule has 0 spiro atoms. The maximum atomic E-state index is 12.6. The Labute approximate surface area is 157 Å². The number of hydrogen-bond acceptors (Lipinski definition) is 7. The molecule has 0 atom stereocenters. The molecule has 1 heterocycles. The molecule has 0 saturated carbocycles. The van der Waals surface area contributed by atoms with Gasteiger partial charge in [-0.25, -0.2) is 4.68 Å². The average molecular weight is 403 g/mol. The first-order valence-electron chi connectivity index (χ1n) is 7.72. The fourth-order valence-corrected chi connectivity index (χ4v) is 2.86. The van der Waals surface area contributed by atoms with Crippen LogP contribution in [0.15, 0.2) is 68.4 Å². The van der Waals surface area contributed by atoms with E-state index in [2.05, 4.69) is 15.3 Å². The molecule has 144 valence electrons. The smallest absolute Gasteiger partial charge is 0.293 e. The van der Waals surface area contributed by atoms with Crippen LogP contribution < -0.4 is 5.56 Å².